The molecule has 2 aromatic carbocycles. The maximum atomic E-state index is 12.3. The average molecular weight is 383 g/mol. The number of anilines is 1. The Hall–Kier alpha value is -2.69. The fourth-order valence-electron chi connectivity index (χ4n) is 3.29. The van der Waals surface area contributed by atoms with E-state index in [0.717, 1.165) is 44.3 Å². The van der Waals surface area contributed by atoms with Crippen LogP contribution in [0.1, 0.15) is 54.4 Å². The number of aryl methyl sites for hydroxylation is 1. The lowest BCUT2D eigenvalue weighted by Crippen LogP contribution is -2.15. The molecular weight excluding hydrogens is 354 g/mol. The highest BCUT2D eigenvalue weighted by Gasteiger charge is 2.20. The van der Waals surface area contributed by atoms with E-state index in [1.54, 1.807) is 18.2 Å². The molecule has 5 nitrogen and oxygen atoms in total. The Labute approximate surface area is 166 Å². The molecule has 1 aliphatic carbocycles. The molecule has 28 heavy (non-hydrogen) atoms. The highest BCUT2D eigenvalue weighted by Crippen LogP contribution is 2.26. The summed E-state index contributed by atoms with van der Waals surface area (Å²) in [6, 6.07) is 13.1. The Bertz CT molecular complexity index is 784. The first-order valence-corrected chi connectivity index (χ1v) is 10.0. The van der Waals surface area contributed by atoms with E-state index in [1.165, 1.54) is 5.56 Å². The number of esters is 1. The van der Waals surface area contributed by atoms with Gasteiger partial charge in [-0.2, -0.15) is 0 Å². The molecule has 5 heteroatoms. The number of hydrogen-bond acceptors (Lipinski definition) is 5. The van der Waals surface area contributed by atoms with E-state index in [4.69, 9.17) is 19.9 Å². The summed E-state index contributed by atoms with van der Waals surface area (Å²) < 4.78 is 17.1. The summed E-state index contributed by atoms with van der Waals surface area (Å²) in [6.45, 7) is 3.20. The van der Waals surface area contributed by atoms with Gasteiger partial charge in [-0.3, -0.25) is 0 Å². The second kappa shape index (κ2) is 10.0. The van der Waals surface area contributed by atoms with Gasteiger partial charge in [0.15, 0.2) is 0 Å². The summed E-state index contributed by atoms with van der Waals surface area (Å²) in [6.07, 6.45) is 5.91. The number of benzene rings is 2. The maximum Gasteiger partial charge on any atom is 0.338 e. The Morgan fingerprint density at radius 1 is 1.04 bits per heavy atom. The van der Waals surface area contributed by atoms with Crippen LogP contribution in [0.15, 0.2) is 42.5 Å². The molecule has 0 amide bonds. The molecule has 0 unspecified atom stereocenters. The van der Waals surface area contributed by atoms with Crippen LogP contribution in [0.3, 0.4) is 0 Å². The molecule has 0 bridgehead atoms. The zero-order chi connectivity index (χ0) is 19.8. The van der Waals surface area contributed by atoms with Gasteiger partial charge >= 0.3 is 5.97 Å². The maximum absolute atomic E-state index is 12.3. The first-order chi connectivity index (χ1) is 13.6. The van der Waals surface area contributed by atoms with Gasteiger partial charge in [-0.05, 0) is 81.3 Å². The van der Waals surface area contributed by atoms with Crippen LogP contribution < -0.4 is 15.2 Å². The molecule has 1 fully saturated rings. The largest absolute Gasteiger partial charge is 0.494 e. The molecule has 1 aliphatic rings. The number of rotatable bonds is 9. The lowest BCUT2D eigenvalue weighted by Gasteiger charge is -2.13. The minimum Gasteiger partial charge on any atom is -0.494 e. The molecule has 150 valence electrons. The van der Waals surface area contributed by atoms with Crippen LogP contribution in [0.4, 0.5) is 5.69 Å². The van der Waals surface area contributed by atoms with E-state index in [0.29, 0.717) is 30.2 Å². The molecule has 0 spiro atoms. The third-order valence-corrected chi connectivity index (χ3v) is 4.88. The van der Waals surface area contributed by atoms with Gasteiger partial charge in [-0.25, -0.2) is 4.79 Å². The molecular formula is C23H29NO4. The van der Waals surface area contributed by atoms with E-state index in [-0.39, 0.29) is 12.1 Å². The zero-order valence-electron chi connectivity index (χ0n) is 16.5. The number of unbranched alkanes of at least 4 members (excludes halogenated alkanes) is 1. The Morgan fingerprint density at radius 3 is 2.54 bits per heavy atom. The van der Waals surface area contributed by atoms with Crippen molar-refractivity contribution < 1.29 is 19.0 Å². The summed E-state index contributed by atoms with van der Waals surface area (Å²) in [7, 11) is 0. The number of carbonyl (C=O) groups excluding carboxylic acids is 1. The monoisotopic (exact) mass is 383 g/mol. The second-order valence-corrected chi connectivity index (χ2v) is 7.28. The number of carbonyl (C=O) groups is 1. The first kappa shape index (κ1) is 20.1. The van der Waals surface area contributed by atoms with Gasteiger partial charge in [0, 0.05) is 0 Å². The number of nitrogen functional groups attached to an aromatic ring is 1. The van der Waals surface area contributed by atoms with Crippen molar-refractivity contribution in [2.24, 2.45) is 0 Å². The van der Waals surface area contributed by atoms with Crippen molar-refractivity contribution in [1.82, 2.24) is 0 Å². The predicted octanol–water partition coefficient (Wildman–Crippen LogP) is 4.91. The van der Waals surface area contributed by atoms with Crippen molar-refractivity contribution in [2.45, 2.75) is 51.6 Å². The van der Waals surface area contributed by atoms with Gasteiger partial charge in [-0.1, -0.05) is 12.1 Å². The summed E-state index contributed by atoms with van der Waals surface area (Å²) >= 11 is 0. The molecule has 2 N–H and O–H groups in total. The van der Waals surface area contributed by atoms with Gasteiger partial charge in [0.1, 0.15) is 17.6 Å². The standard InChI is InChI=1S/C23H29NO4/c1-17-7-6-10-20(15-17)26-13-4-5-14-27-22-16-18(11-12-21(22)24)23(25)28-19-8-2-3-9-19/h6-7,10-12,15-16,19H,2-5,8-9,13-14,24H2,1H3. The molecule has 0 radical (unpaired) electrons. The van der Waals surface area contributed by atoms with Gasteiger partial charge in [0.05, 0.1) is 24.5 Å². The highest BCUT2D eigenvalue weighted by molar-refractivity contribution is 5.90. The van der Waals surface area contributed by atoms with Gasteiger partial charge < -0.3 is 19.9 Å². The normalized spacial score (nSPS) is 14.0. The van der Waals surface area contributed by atoms with Gasteiger partial charge in [0.2, 0.25) is 0 Å². The van der Waals surface area contributed by atoms with Crippen molar-refractivity contribution in [3.63, 3.8) is 0 Å². The molecule has 0 aliphatic heterocycles. The lowest BCUT2D eigenvalue weighted by molar-refractivity contribution is 0.0317. The number of ether oxygens (including phenoxy) is 3. The van der Waals surface area contributed by atoms with E-state index in [9.17, 15) is 4.79 Å². The smallest absolute Gasteiger partial charge is 0.338 e. The number of nitrogens with two attached hydrogens (primary N) is 1. The average Bonchev–Trinajstić information content (AvgIpc) is 3.19. The Balaban J connectivity index is 1.41. The summed E-state index contributed by atoms with van der Waals surface area (Å²) in [5.41, 5.74) is 8.17. The third-order valence-electron chi connectivity index (χ3n) is 4.88. The quantitative estimate of drug-likeness (QED) is 0.378. The van der Waals surface area contributed by atoms with E-state index in [1.807, 2.05) is 31.2 Å². The molecule has 1 saturated carbocycles. The summed E-state index contributed by atoms with van der Waals surface area (Å²) in [5.74, 6) is 1.11. The fourth-order valence-corrected chi connectivity index (χ4v) is 3.29. The van der Waals surface area contributed by atoms with Crippen molar-refractivity contribution >= 4 is 11.7 Å². The third kappa shape index (κ3) is 5.91. The second-order valence-electron chi connectivity index (χ2n) is 7.28. The van der Waals surface area contributed by atoms with Crippen LogP contribution in [0, 0.1) is 6.92 Å². The van der Waals surface area contributed by atoms with Crippen LogP contribution in [0.25, 0.3) is 0 Å². The Morgan fingerprint density at radius 2 is 1.79 bits per heavy atom. The van der Waals surface area contributed by atoms with E-state index < -0.39 is 0 Å². The van der Waals surface area contributed by atoms with E-state index in [2.05, 4.69) is 0 Å². The van der Waals surface area contributed by atoms with Crippen molar-refractivity contribution in [3.8, 4) is 11.5 Å². The van der Waals surface area contributed by atoms with Crippen molar-refractivity contribution in [2.75, 3.05) is 18.9 Å². The van der Waals surface area contributed by atoms with Gasteiger partial charge in [-0.15, -0.1) is 0 Å². The van der Waals surface area contributed by atoms with Crippen molar-refractivity contribution in [1.29, 1.82) is 0 Å². The number of hydrogen-bond donors (Lipinski definition) is 1. The fraction of sp³-hybridized carbons (Fsp3) is 0.435. The zero-order valence-corrected chi connectivity index (χ0v) is 16.5. The van der Waals surface area contributed by atoms with Crippen molar-refractivity contribution in [3.05, 3.63) is 53.6 Å². The molecule has 0 saturated heterocycles. The minimum atomic E-state index is -0.302. The van der Waals surface area contributed by atoms with Crippen LogP contribution in [0.2, 0.25) is 0 Å². The SMILES string of the molecule is Cc1cccc(OCCCCOc2cc(C(=O)OC3CCCC3)ccc2N)c1. The molecule has 0 atom stereocenters. The van der Waals surface area contributed by atoms with Crippen LogP contribution in [0.5, 0.6) is 11.5 Å². The van der Waals surface area contributed by atoms with E-state index >= 15 is 0 Å². The van der Waals surface area contributed by atoms with Gasteiger partial charge in [0.25, 0.3) is 0 Å². The Kier molecular flexibility index (Phi) is 7.18. The van der Waals surface area contributed by atoms with Crippen LogP contribution in [-0.4, -0.2) is 25.3 Å². The van der Waals surface area contributed by atoms with Crippen LogP contribution in [-0.2, 0) is 4.74 Å². The summed E-state index contributed by atoms with van der Waals surface area (Å²) in [5, 5.41) is 0. The summed E-state index contributed by atoms with van der Waals surface area (Å²) in [4.78, 5) is 12.3. The highest BCUT2D eigenvalue weighted by atomic mass is 16.5. The van der Waals surface area contributed by atoms with Crippen LogP contribution >= 0.6 is 0 Å². The molecule has 0 aromatic heterocycles. The molecule has 0 heterocycles. The minimum absolute atomic E-state index is 0.0443. The lowest BCUT2D eigenvalue weighted by atomic mass is 10.2. The molecule has 3 rings (SSSR count). The first-order valence-electron chi connectivity index (χ1n) is 10.0. The predicted molar refractivity (Wildman–Crippen MR) is 110 cm³/mol. The molecule has 2 aromatic rings. The topological polar surface area (TPSA) is 70.8 Å².